The fraction of sp³-hybridized carbons (Fsp3) is 0.345. The predicted octanol–water partition coefficient (Wildman–Crippen LogP) is 6.27. The Morgan fingerprint density at radius 1 is 0.879 bits per heavy atom. The largest absolute Gasteiger partial charge is 0.492 e. The molecule has 0 aliphatic carbocycles. The maximum atomic E-state index is 6.07. The van der Waals surface area contributed by atoms with Gasteiger partial charge in [-0.25, -0.2) is 0 Å². The van der Waals surface area contributed by atoms with Gasteiger partial charge in [-0.2, -0.15) is 0 Å². The van der Waals surface area contributed by atoms with Crippen molar-refractivity contribution in [2.45, 2.75) is 36.0 Å². The lowest BCUT2D eigenvalue weighted by Gasteiger charge is -2.36. The van der Waals surface area contributed by atoms with Crippen LogP contribution in [0.3, 0.4) is 0 Å². The number of para-hydroxylation sites is 1. The van der Waals surface area contributed by atoms with E-state index in [-0.39, 0.29) is 5.41 Å². The molecule has 1 fully saturated rings. The summed E-state index contributed by atoms with van der Waals surface area (Å²) in [5.41, 5.74) is 6.28. The normalized spacial score (nSPS) is 21.6. The molecule has 3 aromatic carbocycles. The Kier molecular flexibility index (Phi) is 5.73. The maximum Gasteiger partial charge on any atom is 0.119 e. The van der Waals surface area contributed by atoms with E-state index in [1.165, 1.54) is 59.6 Å². The van der Waals surface area contributed by atoms with Crippen LogP contribution in [0.5, 0.6) is 5.75 Å². The standard InChI is InChI=1S/C29H30N2OS/c1-6-16-31(17-7-1)18-19-32-23-14-12-22(13-15-23)20-29-21-33-27-11-5-2-8-24(27)28(29)30-26-10-4-3-9-25(26)29/h2-5,8-15H,1,6-7,16-21H2. The molecule has 1 unspecified atom stereocenters. The summed E-state index contributed by atoms with van der Waals surface area (Å²) in [7, 11) is 0. The van der Waals surface area contributed by atoms with Gasteiger partial charge < -0.3 is 4.74 Å². The van der Waals surface area contributed by atoms with E-state index in [1.54, 1.807) is 0 Å². The van der Waals surface area contributed by atoms with Crippen LogP contribution in [-0.4, -0.2) is 42.6 Å². The zero-order chi connectivity index (χ0) is 22.1. The third-order valence-electron chi connectivity index (χ3n) is 7.28. The van der Waals surface area contributed by atoms with Crippen LogP contribution in [0.1, 0.15) is 36.0 Å². The molecular formula is C29H30N2OS. The Hall–Kier alpha value is -2.56. The van der Waals surface area contributed by atoms with Gasteiger partial charge >= 0.3 is 0 Å². The fourth-order valence-corrected chi connectivity index (χ4v) is 6.83. The van der Waals surface area contributed by atoms with Gasteiger partial charge in [0.1, 0.15) is 12.4 Å². The number of hydrogen-bond donors (Lipinski definition) is 0. The molecule has 3 aliphatic rings. The molecule has 0 bridgehead atoms. The summed E-state index contributed by atoms with van der Waals surface area (Å²) >= 11 is 1.96. The molecule has 3 nitrogen and oxygen atoms in total. The van der Waals surface area contributed by atoms with Crippen LogP contribution in [0.2, 0.25) is 0 Å². The molecule has 6 rings (SSSR count). The van der Waals surface area contributed by atoms with Crippen molar-refractivity contribution in [3.05, 3.63) is 89.5 Å². The number of benzene rings is 3. The Bertz CT molecular complexity index is 1170. The number of fused-ring (bicyclic) bond motifs is 5. The first-order valence-corrected chi connectivity index (χ1v) is 13.2. The number of piperidine rings is 1. The molecule has 3 aliphatic heterocycles. The minimum Gasteiger partial charge on any atom is -0.492 e. The van der Waals surface area contributed by atoms with Gasteiger partial charge in [-0.1, -0.05) is 55.0 Å². The van der Waals surface area contributed by atoms with E-state index in [4.69, 9.17) is 9.73 Å². The molecule has 1 saturated heterocycles. The Morgan fingerprint density at radius 3 is 2.55 bits per heavy atom. The third kappa shape index (κ3) is 4.00. The van der Waals surface area contributed by atoms with E-state index in [0.29, 0.717) is 0 Å². The van der Waals surface area contributed by atoms with Crippen LogP contribution >= 0.6 is 11.8 Å². The fourth-order valence-electron chi connectivity index (χ4n) is 5.54. The number of thioether (sulfide) groups is 1. The third-order valence-corrected chi connectivity index (χ3v) is 8.58. The molecule has 33 heavy (non-hydrogen) atoms. The van der Waals surface area contributed by atoms with Crippen molar-refractivity contribution in [1.29, 1.82) is 0 Å². The van der Waals surface area contributed by atoms with Gasteiger partial charge in [0.2, 0.25) is 0 Å². The van der Waals surface area contributed by atoms with Gasteiger partial charge in [0.25, 0.3) is 0 Å². The van der Waals surface area contributed by atoms with Gasteiger partial charge in [0.15, 0.2) is 0 Å². The molecule has 3 aromatic rings. The van der Waals surface area contributed by atoms with Gasteiger partial charge in [0.05, 0.1) is 16.8 Å². The monoisotopic (exact) mass is 454 g/mol. The number of aliphatic imine (C=N–C) groups is 1. The lowest BCUT2D eigenvalue weighted by molar-refractivity contribution is 0.183. The lowest BCUT2D eigenvalue weighted by atomic mass is 9.72. The van der Waals surface area contributed by atoms with Crippen molar-refractivity contribution in [3.8, 4) is 5.75 Å². The van der Waals surface area contributed by atoms with Crippen LogP contribution in [0, 0.1) is 0 Å². The Labute approximate surface area is 200 Å². The molecular weight excluding hydrogens is 424 g/mol. The quantitative estimate of drug-likeness (QED) is 0.439. The Balaban J connectivity index is 1.21. The van der Waals surface area contributed by atoms with Crippen molar-refractivity contribution in [3.63, 3.8) is 0 Å². The summed E-state index contributed by atoms with van der Waals surface area (Å²) in [4.78, 5) is 9.03. The van der Waals surface area contributed by atoms with E-state index in [0.717, 1.165) is 36.8 Å². The molecule has 3 heterocycles. The molecule has 0 N–H and O–H groups in total. The van der Waals surface area contributed by atoms with Gasteiger partial charge in [-0.05, 0) is 67.7 Å². The first kappa shape index (κ1) is 21.0. The van der Waals surface area contributed by atoms with Crippen LogP contribution in [0.25, 0.3) is 0 Å². The second-order valence-corrected chi connectivity index (χ2v) is 10.4. The van der Waals surface area contributed by atoms with Crippen molar-refractivity contribution in [2.24, 2.45) is 4.99 Å². The first-order valence-electron chi connectivity index (χ1n) is 12.2. The summed E-state index contributed by atoms with van der Waals surface area (Å²) in [5.74, 6) is 1.99. The summed E-state index contributed by atoms with van der Waals surface area (Å²) < 4.78 is 6.07. The Morgan fingerprint density at radius 2 is 1.67 bits per heavy atom. The van der Waals surface area contributed by atoms with Crippen molar-refractivity contribution in [2.75, 3.05) is 32.0 Å². The minimum atomic E-state index is -0.0771. The second-order valence-electron chi connectivity index (χ2n) is 9.42. The number of likely N-dealkylation sites (tertiary alicyclic amines) is 1. The first-order chi connectivity index (χ1) is 16.3. The van der Waals surface area contributed by atoms with Crippen LogP contribution in [0.15, 0.2) is 82.7 Å². The number of ether oxygens (including phenoxy) is 1. The SMILES string of the molecule is c1ccc2c(c1)N=C1c3ccccc3SCC12Cc1ccc(OCCN2CCCCC2)cc1. The highest BCUT2D eigenvalue weighted by atomic mass is 32.2. The maximum absolute atomic E-state index is 6.07. The minimum absolute atomic E-state index is 0.0771. The molecule has 0 aromatic heterocycles. The van der Waals surface area contributed by atoms with E-state index in [1.807, 2.05) is 11.8 Å². The van der Waals surface area contributed by atoms with Gasteiger partial charge in [-0.3, -0.25) is 9.89 Å². The summed E-state index contributed by atoms with van der Waals surface area (Å²) in [6.45, 7) is 4.23. The van der Waals surface area contributed by atoms with Crippen molar-refractivity contribution < 1.29 is 4.74 Å². The van der Waals surface area contributed by atoms with E-state index >= 15 is 0 Å². The number of hydrogen-bond acceptors (Lipinski definition) is 4. The predicted molar refractivity (Wildman–Crippen MR) is 137 cm³/mol. The molecule has 168 valence electrons. The van der Waals surface area contributed by atoms with Crippen molar-refractivity contribution in [1.82, 2.24) is 4.90 Å². The highest BCUT2D eigenvalue weighted by molar-refractivity contribution is 7.99. The summed E-state index contributed by atoms with van der Waals surface area (Å²) in [6.07, 6.45) is 4.99. The molecule has 0 spiro atoms. The lowest BCUT2D eigenvalue weighted by Crippen LogP contribution is -2.41. The van der Waals surface area contributed by atoms with Crippen LogP contribution in [0.4, 0.5) is 5.69 Å². The van der Waals surface area contributed by atoms with E-state index < -0.39 is 0 Å². The van der Waals surface area contributed by atoms with E-state index in [2.05, 4.69) is 77.7 Å². The summed E-state index contributed by atoms with van der Waals surface area (Å²) in [5, 5.41) is 0. The number of rotatable bonds is 6. The average Bonchev–Trinajstić information content (AvgIpc) is 3.20. The summed E-state index contributed by atoms with van der Waals surface area (Å²) in [6, 6.07) is 26.2. The topological polar surface area (TPSA) is 24.8 Å². The van der Waals surface area contributed by atoms with Crippen LogP contribution in [-0.2, 0) is 11.8 Å². The average molecular weight is 455 g/mol. The molecule has 4 heteroatoms. The molecule has 0 saturated carbocycles. The van der Waals surface area contributed by atoms with Crippen LogP contribution < -0.4 is 4.74 Å². The smallest absolute Gasteiger partial charge is 0.119 e. The zero-order valence-corrected chi connectivity index (χ0v) is 19.8. The molecule has 0 radical (unpaired) electrons. The highest BCUT2D eigenvalue weighted by Gasteiger charge is 2.47. The van der Waals surface area contributed by atoms with Crippen molar-refractivity contribution >= 4 is 23.2 Å². The zero-order valence-electron chi connectivity index (χ0n) is 19.0. The van der Waals surface area contributed by atoms with Gasteiger partial charge in [-0.15, -0.1) is 11.8 Å². The second kappa shape index (κ2) is 9.00. The van der Waals surface area contributed by atoms with Gasteiger partial charge in [0, 0.05) is 22.8 Å². The number of nitrogens with zero attached hydrogens (tertiary/aromatic N) is 2. The van der Waals surface area contributed by atoms with E-state index in [9.17, 15) is 0 Å². The molecule has 0 amide bonds. The molecule has 1 atom stereocenters. The highest BCUT2D eigenvalue weighted by Crippen LogP contribution is 2.51.